The van der Waals surface area contributed by atoms with E-state index < -0.39 is 4.92 Å². The van der Waals surface area contributed by atoms with Gasteiger partial charge in [0.2, 0.25) is 0 Å². The number of anilines is 1. The molecule has 7 nitrogen and oxygen atoms in total. The van der Waals surface area contributed by atoms with E-state index in [0.717, 1.165) is 31.1 Å². The van der Waals surface area contributed by atoms with Crippen molar-refractivity contribution in [2.45, 2.75) is 32.9 Å². The molecule has 7 heteroatoms. The van der Waals surface area contributed by atoms with Crippen LogP contribution in [0.15, 0.2) is 42.5 Å². The largest absolute Gasteiger partial charge is 0.393 e. The molecule has 3 N–H and O–H groups in total. The number of piperidine rings is 1. The second-order valence-electron chi connectivity index (χ2n) is 7.51. The van der Waals surface area contributed by atoms with Crippen LogP contribution in [0.2, 0.25) is 0 Å². The second-order valence-corrected chi connectivity index (χ2v) is 7.51. The molecule has 1 amide bonds. The van der Waals surface area contributed by atoms with Gasteiger partial charge in [-0.3, -0.25) is 19.8 Å². The van der Waals surface area contributed by atoms with Crippen LogP contribution in [0.25, 0.3) is 0 Å². The van der Waals surface area contributed by atoms with Gasteiger partial charge in [0, 0.05) is 31.3 Å². The molecule has 0 bridgehead atoms. The van der Waals surface area contributed by atoms with Crippen molar-refractivity contribution in [1.29, 1.82) is 0 Å². The highest BCUT2D eigenvalue weighted by Gasteiger charge is 2.17. The molecule has 0 radical (unpaired) electrons. The molecule has 148 valence electrons. The number of nitrogens with zero attached hydrogens (tertiary/aromatic N) is 2. The Labute approximate surface area is 164 Å². The summed E-state index contributed by atoms with van der Waals surface area (Å²) < 4.78 is 0. The lowest BCUT2D eigenvalue weighted by molar-refractivity contribution is -0.383. The first-order valence-electron chi connectivity index (χ1n) is 9.54. The van der Waals surface area contributed by atoms with Crippen LogP contribution in [-0.4, -0.2) is 28.8 Å². The maximum Gasteiger partial charge on any atom is 0.292 e. The van der Waals surface area contributed by atoms with Crippen LogP contribution in [0.1, 0.15) is 41.3 Å². The van der Waals surface area contributed by atoms with Gasteiger partial charge >= 0.3 is 0 Å². The molecular weight excluding hydrogens is 356 g/mol. The molecule has 1 aliphatic heterocycles. The molecule has 0 aromatic heterocycles. The monoisotopic (exact) mass is 382 g/mol. The van der Waals surface area contributed by atoms with Crippen molar-refractivity contribution in [2.75, 3.05) is 18.8 Å². The number of rotatable bonds is 6. The average molecular weight is 382 g/mol. The Balaban J connectivity index is 1.55. The van der Waals surface area contributed by atoms with Gasteiger partial charge in [-0.2, -0.15) is 0 Å². The molecule has 0 saturated carbocycles. The molecule has 1 aliphatic rings. The van der Waals surface area contributed by atoms with Gasteiger partial charge in [-0.05, 0) is 48.6 Å². The molecule has 0 aliphatic carbocycles. The van der Waals surface area contributed by atoms with Crippen molar-refractivity contribution in [2.24, 2.45) is 5.92 Å². The Morgan fingerprint density at radius 2 is 1.96 bits per heavy atom. The Morgan fingerprint density at radius 1 is 1.25 bits per heavy atom. The summed E-state index contributed by atoms with van der Waals surface area (Å²) in [5.41, 5.74) is 7.81. The number of hydrogen-bond acceptors (Lipinski definition) is 5. The number of nitrogens with two attached hydrogens (primary N) is 1. The first-order chi connectivity index (χ1) is 13.4. The normalized spacial score (nSPS) is 17.2. The van der Waals surface area contributed by atoms with Crippen LogP contribution in [0.5, 0.6) is 0 Å². The summed E-state index contributed by atoms with van der Waals surface area (Å²) in [6.45, 7) is 5.90. The zero-order valence-corrected chi connectivity index (χ0v) is 16.1. The van der Waals surface area contributed by atoms with Crippen molar-refractivity contribution in [1.82, 2.24) is 10.2 Å². The summed E-state index contributed by atoms with van der Waals surface area (Å²) in [4.78, 5) is 25.1. The van der Waals surface area contributed by atoms with Crippen molar-refractivity contribution in [3.8, 4) is 0 Å². The van der Waals surface area contributed by atoms with Gasteiger partial charge < -0.3 is 11.1 Å². The summed E-state index contributed by atoms with van der Waals surface area (Å²) in [6.07, 6.45) is 2.57. The zero-order valence-electron chi connectivity index (χ0n) is 16.1. The van der Waals surface area contributed by atoms with Crippen molar-refractivity contribution in [3.05, 3.63) is 69.3 Å². The first-order valence-corrected chi connectivity index (χ1v) is 9.54. The molecule has 2 aromatic carbocycles. The van der Waals surface area contributed by atoms with Crippen molar-refractivity contribution >= 4 is 17.3 Å². The minimum atomic E-state index is -0.589. The van der Waals surface area contributed by atoms with Crippen LogP contribution in [-0.2, 0) is 13.1 Å². The molecule has 3 rings (SSSR count). The van der Waals surface area contributed by atoms with Crippen molar-refractivity contribution in [3.63, 3.8) is 0 Å². The van der Waals surface area contributed by atoms with Gasteiger partial charge in [-0.15, -0.1) is 0 Å². The number of carbonyl (C=O) groups excluding carboxylic acids is 1. The summed E-state index contributed by atoms with van der Waals surface area (Å²) in [5, 5.41) is 13.8. The molecule has 2 aromatic rings. The summed E-state index contributed by atoms with van der Waals surface area (Å²) in [6, 6.07) is 12.3. The molecule has 1 unspecified atom stereocenters. The standard InChI is InChI=1S/C21H26N4O3/c1-15-3-2-10-24(13-15)14-17-6-4-16(5-7-17)12-23-21(26)18-8-9-19(22)20(11-18)25(27)28/h4-9,11,15H,2-3,10,12-14,22H2,1H3,(H,23,26). The van der Waals surface area contributed by atoms with Gasteiger partial charge in [0.15, 0.2) is 0 Å². The molecule has 28 heavy (non-hydrogen) atoms. The van der Waals surface area contributed by atoms with E-state index in [1.165, 1.54) is 36.6 Å². The Morgan fingerprint density at radius 3 is 2.64 bits per heavy atom. The molecular formula is C21H26N4O3. The number of hydrogen-bond donors (Lipinski definition) is 2. The number of carbonyl (C=O) groups is 1. The quantitative estimate of drug-likeness (QED) is 0.453. The number of amides is 1. The Kier molecular flexibility index (Phi) is 6.26. The predicted molar refractivity (Wildman–Crippen MR) is 109 cm³/mol. The van der Waals surface area contributed by atoms with Gasteiger partial charge in [-0.25, -0.2) is 0 Å². The highest BCUT2D eigenvalue weighted by atomic mass is 16.6. The third-order valence-electron chi connectivity index (χ3n) is 5.11. The highest BCUT2D eigenvalue weighted by molar-refractivity contribution is 5.95. The number of likely N-dealkylation sites (tertiary alicyclic amines) is 1. The fourth-order valence-electron chi connectivity index (χ4n) is 3.58. The van der Waals surface area contributed by atoms with E-state index in [9.17, 15) is 14.9 Å². The summed E-state index contributed by atoms with van der Waals surface area (Å²) >= 11 is 0. The summed E-state index contributed by atoms with van der Waals surface area (Å²) in [5.74, 6) is 0.391. The smallest absolute Gasteiger partial charge is 0.292 e. The third kappa shape index (κ3) is 5.07. The summed E-state index contributed by atoms with van der Waals surface area (Å²) in [7, 11) is 0. The van der Waals surface area contributed by atoms with Crippen LogP contribution >= 0.6 is 0 Å². The van der Waals surface area contributed by atoms with Gasteiger partial charge in [0.25, 0.3) is 11.6 Å². The zero-order chi connectivity index (χ0) is 20.1. The Bertz CT molecular complexity index is 851. The van der Waals surface area contributed by atoms with Gasteiger partial charge in [0.1, 0.15) is 5.69 Å². The maximum atomic E-state index is 12.3. The lowest BCUT2D eigenvalue weighted by atomic mass is 9.99. The topological polar surface area (TPSA) is 102 Å². The minimum absolute atomic E-state index is 0.0419. The van der Waals surface area contributed by atoms with E-state index in [4.69, 9.17) is 5.73 Å². The molecule has 0 spiro atoms. The molecule has 1 saturated heterocycles. The second kappa shape index (κ2) is 8.84. The van der Waals surface area contributed by atoms with Crippen LogP contribution in [0, 0.1) is 16.0 Å². The number of nitro groups is 1. The lowest BCUT2D eigenvalue weighted by Crippen LogP contribution is -2.33. The van der Waals surface area contributed by atoms with Gasteiger partial charge in [-0.1, -0.05) is 31.2 Å². The van der Waals surface area contributed by atoms with Gasteiger partial charge in [0.05, 0.1) is 4.92 Å². The predicted octanol–water partition coefficient (Wildman–Crippen LogP) is 3.34. The van der Waals surface area contributed by atoms with Crippen LogP contribution < -0.4 is 11.1 Å². The fourth-order valence-corrected chi connectivity index (χ4v) is 3.58. The molecule has 1 heterocycles. The third-order valence-corrected chi connectivity index (χ3v) is 5.11. The van der Waals surface area contributed by atoms with Crippen LogP contribution in [0.3, 0.4) is 0 Å². The fraction of sp³-hybridized carbons (Fsp3) is 0.381. The molecule has 1 atom stereocenters. The molecule has 1 fully saturated rings. The van der Waals surface area contributed by atoms with E-state index >= 15 is 0 Å². The first kappa shape index (κ1) is 19.8. The van der Waals surface area contributed by atoms with Crippen molar-refractivity contribution < 1.29 is 9.72 Å². The van der Waals surface area contributed by atoms with E-state index in [1.807, 2.05) is 12.1 Å². The number of nitro benzene ring substituents is 1. The number of benzene rings is 2. The van der Waals surface area contributed by atoms with E-state index in [-0.39, 0.29) is 22.8 Å². The van der Waals surface area contributed by atoms with E-state index in [2.05, 4.69) is 29.3 Å². The van der Waals surface area contributed by atoms with Crippen LogP contribution in [0.4, 0.5) is 11.4 Å². The minimum Gasteiger partial charge on any atom is -0.393 e. The maximum absolute atomic E-state index is 12.3. The van der Waals surface area contributed by atoms with E-state index in [0.29, 0.717) is 6.54 Å². The SMILES string of the molecule is CC1CCCN(Cc2ccc(CNC(=O)c3ccc(N)c([N+](=O)[O-])c3)cc2)C1. The highest BCUT2D eigenvalue weighted by Crippen LogP contribution is 2.22. The van der Waals surface area contributed by atoms with E-state index in [1.54, 1.807) is 0 Å². The number of nitrogens with one attached hydrogen (secondary N) is 1. The number of nitrogen functional groups attached to an aromatic ring is 1. The Hall–Kier alpha value is -2.93. The lowest BCUT2D eigenvalue weighted by Gasteiger charge is -2.30. The average Bonchev–Trinajstić information content (AvgIpc) is 2.67.